The van der Waals surface area contributed by atoms with Gasteiger partial charge in [0, 0.05) is 44.5 Å². The van der Waals surface area contributed by atoms with Crippen LogP contribution in [0.3, 0.4) is 0 Å². The third-order valence-electron chi connectivity index (χ3n) is 2.81. The van der Waals surface area contributed by atoms with Gasteiger partial charge in [-0.05, 0) is 13.8 Å². The third-order valence-corrected chi connectivity index (χ3v) is 2.81. The topological polar surface area (TPSA) is 82.3 Å². The first kappa shape index (κ1) is 14.9. The maximum atomic E-state index is 11.7. The molecule has 1 aromatic rings. The Morgan fingerprint density at radius 3 is 2.58 bits per heavy atom. The van der Waals surface area contributed by atoms with Crippen molar-refractivity contribution < 1.29 is 9.59 Å². The van der Waals surface area contributed by atoms with E-state index in [1.165, 1.54) is 18.5 Å². The smallest absolute Gasteiger partial charge is 0.256 e. The Morgan fingerprint density at radius 2 is 2.00 bits per heavy atom. The lowest BCUT2D eigenvalue weighted by Gasteiger charge is -2.18. The van der Waals surface area contributed by atoms with E-state index in [0.717, 1.165) is 0 Å². The van der Waals surface area contributed by atoms with Crippen LogP contribution in [0.4, 0.5) is 0 Å². The summed E-state index contributed by atoms with van der Waals surface area (Å²) in [6, 6.07) is 1.29. The van der Waals surface area contributed by atoms with Gasteiger partial charge in [-0.3, -0.25) is 14.4 Å². The Morgan fingerprint density at radius 1 is 1.32 bits per heavy atom. The summed E-state index contributed by atoms with van der Waals surface area (Å²) in [5.74, 6) is -0.471. The number of pyridine rings is 1. The van der Waals surface area contributed by atoms with E-state index in [1.54, 1.807) is 4.90 Å². The van der Waals surface area contributed by atoms with Gasteiger partial charge in [0.05, 0.1) is 0 Å². The predicted octanol–water partition coefficient (Wildman–Crippen LogP) is 0.363. The van der Waals surface area contributed by atoms with Gasteiger partial charge < -0.3 is 15.2 Å². The molecule has 0 aliphatic carbocycles. The summed E-state index contributed by atoms with van der Waals surface area (Å²) in [7, 11) is 0. The first-order valence-corrected chi connectivity index (χ1v) is 6.33. The number of rotatable bonds is 6. The Hall–Kier alpha value is -2.11. The van der Waals surface area contributed by atoms with Crippen LogP contribution in [0.25, 0.3) is 0 Å². The number of hydrogen-bond donors (Lipinski definition) is 2. The Kier molecular flexibility index (Phi) is 5.78. The van der Waals surface area contributed by atoms with Gasteiger partial charge in [0.15, 0.2) is 5.43 Å². The SMILES string of the molecule is CCN(CC)C(=O)CCNC(=O)c1c[nH]ccc1=O. The molecule has 0 fully saturated rings. The van der Waals surface area contributed by atoms with Crippen LogP contribution >= 0.6 is 0 Å². The average molecular weight is 265 g/mol. The van der Waals surface area contributed by atoms with Gasteiger partial charge >= 0.3 is 0 Å². The largest absolute Gasteiger partial charge is 0.367 e. The maximum Gasteiger partial charge on any atom is 0.256 e. The summed E-state index contributed by atoms with van der Waals surface area (Å²) in [5, 5.41) is 2.57. The maximum absolute atomic E-state index is 11.7. The highest BCUT2D eigenvalue weighted by Crippen LogP contribution is 1.94. The summed E-state index contributed by atoms with van der Waals surface area (Å²) < 4.78 is 0. The van der Waals surface area contributed by atoms with Crippen molar-refractivity contribution in [2.75, 3.05) is 19.6 Å². The minimum Gasteiger partial charge on any atom is -0.367 e. The van der Waals surface area contributed by atoms with Crippen molar-refractivity contribution in [2.45, 2.75) is 20.3 Å². The van der Waals surface area contributed by atoms with Crippen LogP contribution in [-0.4, -0.2) is 41.3 Å². The normalized spacial score (nSPS) is 10.0. The third kappa shape index (κ3) is 4.24. The molecule has 0 spiro atoms. The molecule has 0 aliphatic heterocycles. The van der Waals surface area contributed by atoms with E-state index in [4.69, 9.17) is 0 Å². The molecule has 2 N–H and O–H groups in total. The van der Waals surface area contributed by atoms with Crippen LogP contribution in [0.5, 0.6) is 0 Å². The van der Waals surface area contributed by atoms with Crippen LogP contribution in [0, 0.1) is 0 Å². The number of amides is 2. The van der Waals surface area contributed by atoms with E-state index < -0.39 is 5.91 Å². The zero-order valence-electron chi connectivity index (χ0n) is 11.2. The number of H-pyrrole nitrogens is 1. The van der Waals surface area contributed by atoms with Crippen LogP contribution in [0.2, 0.25) is 0 Å². The molecule has 1 heterocycles. The van der Waals surface area contributed by atoms with E-state index >= 15 is 0 Å². The summed E-state index contributed by atoms with van der Waals surface area (Å²) in [6.07, 6.45) is 3.05. The van der Waals surface area contributed by atoms with Gasteiger partial charge in [-0.2, -0.15) is 0 Å². The van der Waals surface area contributed by atoms with Gasteiger partial charge in [-0.1, -0.05) is 0 Å². The van der Waals surface area contributed by atoms with Crippen LogP contribution in [0.1, 0.15) is 30.6 Å². The highest BCUT2D eigenvalue weighted by atomic mass is 16.2. The molecule has 0 aromatic carbocycles. The van der Waals surface area contributed by atoms with Crippen molar-refractivity contribution in [1.29, 1.82) is 0 Å². The lowest BCUT2D eigenvalue weighted by molar-refractivity contribution is -0.130. The second-order valence-electron chi connectivity index (χ2n) is 3.99. The second-order valence-corrected chi connectivity index (χ2v) is 3.99. The lowest BCUT2D eigenvalue weighted by atomic mass is 10.2. The number of nitrogens with one attached hydrogen (secondary N) is 2. The molecule has 0 radical (unpaired) electrons. The Bertz CT molecular complexity index is 492. The highest BCUT2D eigenvalue weighted by molar-refractivity contribution is 5.93. The fourth-order valence-corrected chi connectivity index (χ4v) is 1.71. The number of carbonyl (C=O) groups excluding carboxylic acids is 2. The van der Waals surface area contributed by atoms with Crippen LogP contribution < -0.4 is 10.7 Å². The summed E-state index contributed by atoms with van der Waals surface area (Å²) >= 11 is 0. The van der Waals surface area contributed by atoms with Gasteiger partial charge in [-0.15, -0.1) is 0 Å². The molecule has 6 nitrogen and oxygen atoms in total. The number of hydrogen-bond acceptors (Lipinski definition) is 3. The molecule has 104 valence electrons. The molecule has 0 aliphatic rings. The van der Waals surface area contributed by atoms with Crippen LogP contribution in [0.15, 0.2) is 23.3 Å². The fraction of sp³-hybridized carbons (Fsp3) is 0.462. The average Bonchev–Trinajstić information content (AvgIpc) is 2.40. The molecule has 0 atom stereocenters. The number of carbonyl (C=O) groups is 2. The zero-order valence-corrected chi connectivity index (χ0v) is 11.2. The van der Waals surface area contributed by atoms with Gasteiger partial charge in [0.1, 0.15) is 5.56 Å². The van der Waals surface area contributed by atoms with E-state index in [1.807, 2.05) is 13.8 Å². The fourth-order valence-electron chi connectivity index (χ4n) is 1.71. The molecular weight excluding hydrogens is 246 g/mol. The van der Waals surface area contributed by atoms with Crippen molar-refractivity contribution in [1.82, 2.24) is 15.2 Å². The number of aromatic nitrogens is 1. The van der Waals surface area contributed by atoms with Crippen LogP contribution in [-0.2, 0) is 4.79 Å². The molecule has 0 unspecified atom stereocenters. The first-order valence-electron chi connectivity index (χ1n) is 6.33. The predicted molar refractivity (Wildman–Crippen MR) is 71.9 cm³/mol. The van der Waals surface area contributed by atoms with Crippen molar-refractivity contribution >= 4 is 11.8 Å². The molecule has 6 heteroatoms. The lowest BCUT2D eigenvalue weighted by Crippen LogP contribution is -2.35. The number of nitrogens with zero attached hydrogens (tertiary/aromatic N) is 1. The Labute approximate surface area is 111 Å². The van der Waals surface area contributed by atoms with Gasteiger partial charge in [0.2, 0.25) is 5.91 Å². The number of aromatic amines is 1. The van der Waals surface area contributed by atoms with Crippen molar-refractivity contribution in [3.05, 3.63) is 34.2 Å². The van der Waals surface area contributed by atoms with Crippen molar-refractivity contribution in [3.8, 4) is 0 Å². The molecule has 0 saturated carbocycles. The highest BCUT2D eigenvalue weighted by Gasteiger charge is 2.12. The van der Waals surface area contributed by atoms with Crippen molar-refractivity contribution in [3.63, 3.8) is 0 Å². The second kappa shape index (κ2) is 7.35. The zero-order chi connectivity index (χ0) is 14.3. The molecule has 0 saturated heterocycles. The molecule has 0 bridgehead atoms. The summed E-state index contributed by atoms with van der Waals surface area (Å²) in [6.45, 7) is 5.35. The molecule has 2 amide bonds. The summed E-state index contributed by atoms with van der Waals surface area (Å²) in [4.78, 5) is 39.2. The standard InChI is InChI=1S/C13H19N3O3/c1-3-16(4-2)12(18)6-8-15-13(19)10-9-14-7-5-11(10)17/h5,7,9H,3-4,6,8H2,1-2H3,(H,14,17)(H,15,19). The quantitative estimate of drug-likeness (QED) is 0.779. The van der Waals surface area contributed by atoms with E-state index in [-0.39, 0.29) is 29.9 Å². The van der Waals surface area contributed by atoms with Gasteiger partial charge in [0.25, 0.3) is 5.91 Å². The minimum atomic E-state index is -0.464. The van der Waals surface area contributed by atoms with Crippen molar-refractivity contribution in [2.24, 2.45) is 0 Å². The molecule has 1 rings (SSSR count). The first-order chi connectivity index (χ1) is 9.10. The van der Waals surface area contributed by atoms with E-state index in [2.05, 4.69) is 10.3 Å². The van der Waals surface area contributed by atoms with E-state index in [9.17, 15) is 14.4 Å². The molecule has 19 heavy (non-hydrogen) atoms. The Balaban J connectivity index is 2.46. The summed E-state index contributed by atoms with van der Waals surface area (Å²) in [5.41, 5.74) is -0.288. The minimum absolute atomic E-state index is 0.00716. The van der Waals surface area contributed by atoms with E-state index in [0.29, 0.717) is 13.1 Å². The molecular formula is C13H19N3O3. The molecule has 1 aromatic heterocycles. The monoisotopic (exact) mass is 265 g/mol. The van der Waals surface area contributed by atoms with Gasteiger partial charge in [-0.25, -0.2) is 0 Å².